The predicted molar refractivity (Wildman–Crippen MR) is 93.3 cm³/mol. The van der Waals surface area contributed by atoms with E-state index >= 15 is 0 Å². The highest BCUT2D eigenvalue weighted by Gasteiger charge is 2.61. The number of allylic oxidation sites excluding steroid dienone is 2. The molecule has 3 heteroatoms. The molecule has 0 spiro atoms. The maximum Gasteiger partial charge on any atom is 0.159 e. The van der Waals surface area contributed by atoms with E-state index in [4.69, 9.17) is 0 Å². The lowest BCUT2D eigenvalue weighted by Gasteiger charge is -2.60. The molecule has 0 aliphatic heterocycles. The summed E-state index contributed by atoms with van der Waals surface area (Å²) in [6, 6.07) is 0. The minimum atomic E-state index is -0.574. The Bertz CT molecular complexity index is 582. The number of fused-ring (bicyclic) bond motifs is 5. The minimum Gasteiger partial charge on any atom is -0.390 e. The molecule has 0 unspecified atom stereocenters. The van der Waals surface area contributed by atoms with Crippen molar-refractivity contribution in [3.63, 3.8) is 0 Å². The van der Waals surface area contributed by atoms with Gasteiger partial charge in [0.1, 0.15) is 0 Å². The van der Waals surface area contributed by atoms with Gasteiger partial charge in [-0.3, -0.25) is 4.79 Å². The third-order valence-corrected chi connectivity index (χ3v) is 8.68. The Balaban J connectivity index is 1.67. The summed E-state index contributed by atoms with van der Waals surface area (Å²) < 4.78 is 0. The van der Waals surface area contributed by atoms with Crippen molar-refractivity contribution in [2.75, 3.05) is 0 Å². The molecule has 0 aromatic carbocycles. The molecule has 0 heterocycles. The first-order chi connectivity index (χ1) is 11.3. The molecule has 4 rings (SSSR count). The lowest BCUT2D eigenvalue weighted by molar-refractivity contribution is -0.153. The van der Waals surface area contributed by atoms with Crippen LogP contribution >= 0.6 is 0 Å². The molecular weight excluding hydrogens is 300 g/mol. The van der Waals surface area contributed by atoms with Gasteiger partial charge in [0, 0.05) is 6.42 Å². The third-order valence-electron chi connectivity index (χ3n) is 8.68. The van der Waals surface area contributed by atoms with Crippen molar-refractivity contribution in [3.05, 3.63) is 11.6 Å². The first-order valence-electron chi connectivity index (χ1n) is 9.87. The number of aliphatic hydroxyl groups excluding tert-OH is 2. The second kappa shape index (κ2) is 5.41. The van der Waals surface area contributed by atoms with Crippen molar-refractivity contribution in [2.45, 2.75) is 77.9 Å². The van der Waals surface area contributed by atoms with Crippen molar-refractivity contribution in [2.24, 2.45) is 34.5 Å². The fourth-order valence-corrected chi connectivity index (χ4v) is 7.43. The van der Waals surface area contributed by atoms with E-state index in [1.807, 2.05) is 6.92 Å². The van der Waals surface area contributed by atoms with Gasteiger partial charge in [-0.25, -0.2) is 0 Å². The van der Waals surface area contributed by atoms with Gasteiger partial charge in [-0.1, -0.05) is 19.9 Å². The van der Waals surface area contributed by atoms with Crippen LogP contribution < -0.4 is 0 Å². The van der Waals surface area contributed by atoms with E-state index in [1.54, 1.807) is 0 Å². The fourth-order valence-electron chi connectivity index (χ4n) is 7.43. The number of rotatable bonds is 0. The maximum absolute atomic E-state index is 12.6. The van der Waals surface area contributed by atoms with E-state index in [0.29, 0.717) is 29.5 Å². The zero-order valence-corrected chi connectivity index (χ0v) is 15.3. The molecule has 0 radical (unpaired) electrons. The molecule has 24 heavy (non-hydrogen) atoms. The van der Waals surface area contributed by atoms with Crippen LogP contribution in [0.2, 0.25) is 0 Å². The Kier molecular flexibility index (Phi) is 3.78. The van der Waals surface area contributed by atoms with Crippen molar-refractivity contribution in [1.82, 2.24) is 0 Å². The van der Waals surface area contributed by atoms with Gasteiger partial charge in [0.2, 0.25) is 0 Å². The number of aliphatic hydroxyl groups is 2. The van der Waals surface area contributed by atoms with E-state index < -0.39 is 12.2 Å². The molecule has 0 aromatic heterocycles. The van der Waals surface area contributed by atoms with E-state index in [1.165, 1.54) is 6.42 Å². The summed E-state index contributed by atoms with van der Waals surface area (Å²) in [6.45, 7) is 6.70. The van der Waals surface area contributed by atoms with Gasteiger partial charge < -0.3 is 10.2 Å². The monoisotopic (exact) mass is 332 g/mol. The molecule has 0 saturated heterocycles. The third kappa shape index (κ3) is 2.07. The molecule has 4 aliphatic rings. The Morgan fingerprint density at radius 2 is 1.83 bits per heavy atom. The molecule has 4 fully saturated rings. The summed E-state index contributed by atoms with van der Waals surface area (Å²) >= 11 is 0. The molecule has 0 bridgehead atoms. The predicted octanol–water partition coefficient (Wildman–Crippen LogP) is 3.49. The summed E-state index contributed by atoms with van der Waals surface area (Å²) in [5.41, 5.74) is 1.28. The van der Waals surface area contributed by atoms with Gasteiger partial charge in [0.15, 0.2) is 5.78 Å². The van der Waals surface area contributed by atoms with Gasteiger partial charge in [0.25, 0.3) is 0 Å². The van der Waals surface area contributed by atoms with Gasteiger partial charge in [-0.15, -0.1) is 0 Å². The van der Waals surface area contributed by atoms with Gasteiger partial charge in [0.05, 0.1) is 12.2 Å². The molecule has 0 amide bonds. The smallest absolute Gasteiger partial charge is 0.159 e. The number of hydrogen-bond donors (Lipinski definition) is 2. The summed E-state index contributed by atoms with van der Waals surface area (Å²) in [6.07, 6.45) is 7.76. The van der Waals surface area contributed by atoms with E-state index in [2.05, 4.69) is 19.9 Å². The maximum atomic E-state index is 12.6. The number of carbonyl (C=O) groups is 1. The van der Waals surface area contributed by atoms with Crippen LogP contribution in [0.3, 0.4) is 0 Å². The number of carbonyl (C=O) groups excluding carboxylic acids is 1. The normalized spacial score (nSPS) is 55.9. The molecule has 2 N–H and O–H groups in total. The topological polar surface area (TPSA) is 57.5 Å². The molecule has 4 saturated carbocycles. The zero-order valence-electron chi connectivity index (χ0n) is 15.3. The molecule has 134 valence electrons. The fraction of sp³-hybridized carbons (Fsp3) is 0.857. The summed E-state index contributed by atoms with van der Waals surface area (Å²) in [7, 11) is 0. The molecule has 3 nitrogen and oxygen atoms in total. The van der Waals surface area contributed by atoms with Crippen molar-refractivity contribution >= 4 is 5.78 Å². The van der Waals surface area contributed by atoms with Crippen molar-refractivity contribution in [3.8, 4) is 0 Å². The van der Waals surface area contributed by atoms with Crippen LogP contribution in [-0.4, -0.2) is 28.2 Å². The number of ketones is 1. The Morgan fingerprint density at radius 1 is 1.08 bits per heavy atom. The van der Waals surface area contributed by atoms with Crippen LogP contribution in [0.15, 0.2) is 11.6 Å². The Hall–Kier alpha value is -0.670. The van der Waals surface area contributed by atoms with Crippen LogP contribution in [-0.2, 0) is 4.79 Å². The van der Waals surface area contributed by atoms with E-state index in [-0.39, 0.29) is 10.8 Å². The first kappa shape index (κ1) is 16.8. The minimum absolute atomic E-state index is 0.0724. The summed E-state index contributed by atoms with van der Waals surface area (Å²) in [4.78, 5) is 12.6. The number of Topliss-reactive ketones (excluding diaryl/α,β-unsaturated/α-hetero) is 1. The first-order valence-corrected chi connectivity index (χ1v) is 9.87. The van der Waals surface area contributed by atoms with Crippen LogP contribution in [0.1, 0.15) is 65.7 Å². The van der Waals surface area contributed by atoms with Crippen LogP contribution in [0.5, 0.6) is 0 Å². The highest BCUT2D eigenvalue weighted by Crippen LogP contribution is 2.66. The second-order valence-corrected chi connectivity index (χ2v) is 9.52. The highest BCUT2D eigenvalue weighted by molar-refractivity contribution is 5.99. The van der Waals surface area contributed by atoms with Gasteiger partial charge in [-0.2, -0.15) is 0 Å². The molecular formula is C21H32O3. The van der Waals surface area contributed by atoms with E-state index in [0.717, 1.165) is 44.1 Å². The second-order valence-electron chi connectivity index (χ2n) is 9.52. The van der Waals surface area contributed by atoms with Crippen LogP contribution in [0.4, 0.5) is 0 Å². The van der Waals surface area contributed by atoms with Crippen LogP contribution in [0.25, 0.3) is 0 Å². The number of hydrogen-bond acceptors (Lipinski definition) is 3. The van der Waals surface area contributed by atoms with Gasteiger partial charge in [-0.05, 0) is 85.5 Å². The average Bonchev–Trinajstić information content (AvgIpc) is 2.78. The summed E-state index contributed by atoms with van der Waals surface area (Å²) in [5, 5.41) is 20.4. The quantitative estimate of drug-likeness (QED) is 0.668. The molecule has 8 atom stereocenters. The van der Waals surface area contributed by atoms with Crippen molar-refractivity contribution < 1.29 is 15.0 Å². The largest absolute Gasteiger partial charge is 0.390 e. The molecule has 0 aromatic rings. The SMILES string of the molecule is C/C=C1/C(=O)C[C@H]2[C@@H]3CC[C@H]4C[C@@H](O)[C@H](O)C[C@]4(C)[C@H]3CC[C@]12C. The summed E-state index contributed by atoms with van der Waals surface area (Å²) in [5.74, 6) is 2.59. The van der Waals surface area contributed by atoms with Crippen molar-refractivity contribution in [1.29, 1.82) is 0 Å². The average molecular weight is 332 g/mol. The lowest BCUT2D eigenvalue weighted by Crippen LogP contribution is -2.56. The van der Waals surface area contributed by atoms with E-state index in [9.17, 15) is 15.0 Å². The Morgan fingerprint density at radius 3 is 2.54 bits per heavy atom. The Labute approximate surface area is 145 Å². The lowest BCUT2D eigenvalue weighted by atomic mass is 9.45. The zero-order chi connectivity index (χ0) is 17.3. The highest BCUT2D eigenvalue weighted by atomic mass is 16.3. The standard InChI is InChI=1S/C21H32O3/c1-4-14-17(22)10-16-13-6-5-12-9-18(23)19(24)11-21(12,3)15(13)7-8-20(14,16)2/h4,12-13,15-16,18-19,23-24H,5-11H2,1-3H3/b14-4-/t12-,13+,15-,16-,18+,19+,20+,21-/m0/s1. The van der Waals surface area contributed by atoms with Crippen LogP contribution in [0, 0.1) is 34.5 Å². The molecule has 4 aliphatic carbocycles. The van der Waals surface area contributed by atoms with Gasteiger partial charge >= 0.3 is 0 Å².